The quantitative estimate of drug-likeness (QED) is 0.341. The lowest BCUT2D eigenvalue weighted by molar-refractivity contribution is -0.405. The summed E-state index contributed by atoms with van der Waals surface area (Å²) in [5.41, 5.74) is 0.715. The monoisotopic (exact) mass is 284 g/mol. The Balaban J connectivity index is 2.95. The average molecular weight is 285 g/mol. The predicted octanol–water partition coefficient (Wildman–Crippen LogP) is 1.33. The van der Waals surface area contributed by atoms with Crippen LogP contribution >= 0.6 is 11.6 Å². The number of nitrogens with zero attached hydrogens (tertiary/aromatic N) is 4. The summed E-state index contributed by atoms with van der Waals surface area (Å²) in [5.74, 6) is 0.176. The molecule has 0 aliphatic rings. The third kappa shape index (κ3) is 4.55. The van der Waals surface area contributed by atoms with E-state index >= 15 is 0 Å². The molecule has 8 heteroatoms. The van der Waals surface area contributed by atoms with E-state index in [9.17, 15) is 14.9 Å². The highest BCUT2D eigenvalue weighted by Crippen LogP contribution is 2.12. The van der Waals surface area contributed by atoms with Gasteiger partial charge in [0, 0.05) is 20.3 Å². The number of nitro groups is 1. The maximum atomic E-state index is 11.1. The van der Waals surface area contributed by atoms with E-state index < -0.39 is 4.92 Å². The summed E-state index contributed by atoms with van der Waals surface area (Å²) in [5, 5.41) is 10.9. The van der Waals surface area contributed by atoms with E-state index in [1.165, 1.54) is 16.0 Å². The fourth-order valence-corrected chi connectivity index (χ4v) is 1.52. The van der Waals surface area contributed by atoms with Crippen molar-refractivity contribution >= 4 is 18.0 Å². The van der Waals surface area contributed by atoms with Gasteiger partial charge in [0.15, 0.2) is 5.82 Å². The summed E-state index contributed by atoms with van der Waals surface area (Å²) in [6.45, 7) is 0.172. The van der Waals surface area contributed by atoms with Crippen molar-refractivity contribution in [2.75, 3.05) is 14.1 Å². The second-order valence-electron chi connectivity index (χ2n) is 3.89. The van der Waals surface area contributed by atoms with Crippen LogP contribution in [0.1, 0.15) is 5.56 Å². The number of aromatic nitrogens is 1. The number of pyridine rings is 1. The zero-order valence-corrected chi connectivity index (χ0v) is 11.2. The molecule has 1 amide bonds. The number of hydrogen-bond donors (Lipinski definition) is 0. The molecule has 1 heterocycles. The predicted molar refractivity (Wildman–Crippen MR) is 69.6 cm³/mol. The lowest BCUT2D eigenvalue weighted by Crippen LogP contribution is -2.30. The largest absolute Gasteiger partial charge is 0.359 e. The molecule has 0 aliphatic heterocycles. The van der Waals surface area contributed by atoms with Gasteiger partial charge in [-0.1, -0.05) is 17.7 Å². The fraction of sp³-hybridized carbons (Fsp3) is 0.273. The molecule has 0 radical (unpaired) electrons. The number of carbonyl (C=O) groups excluding carboxylic acids is 1. The van der Waals surface area contributed by atoms with E-state index in [1.807, 2.05) is 0 Å². The van der Waals surface area contributed by atoms with Gasteiger partial charge in [0.2, 0.25) is 6.41 Å². The Labute approximate surface area is 115 Å². The molecule has 0 aliphatic carbocycles. The molecular weight excluding hydrogens is 272 g/mol. The van der Waals surface area contributed by atoms with Crippen LogP contribution in [0.3, 0.4) is 0 Å². The highest BCUT2D eigenvalue weighted by molar-refractivity contribution is 6.29. The molecule has 1 rings (SSSR count). The number of hydrogen-bond acceptors (Lipinski definition) is 5. The lowest BCUT2D eigenvalue weighted by atomic mass is 10.3. The zero-order valence-electron chi connectivity index (χ0n) is 10.5. The first-order valence-corrected chi connectivity index (χ1v) is 5.67. The van der Waals surface area contributed by atoms with Crippen molar-refractivity contribution in [3.05, 3.63) is 51.2 Å². The van der Waals surface area contributed by atoms with E-state index in [0.29, 0.717) is 17.1 Å². The number of halogens is 1. The molecule has 0 saturated heterocycles. The second-order valence-corrected chi connectivity index (χ2v) is 4.28. The van der Waals surface area contributed by atoms with Gasteiger partial charge in [-0.2, -0.15) is 0 Å². The van der Waals surface area contributed by atoms with Gasteiger partial charge in [-0.25, -0.2) is 4.98 Å². The molecule has 0 spiro atoms. The third-order valence-electron chi connectivity index (χ3n) is 2.24. The second kappa shape index (κ2) is 6.69. The van der Waals surface area contributed by atoms with Crippen LogP contribution in [0.15, 0.2) is 30.4 Å². The molecule has 0 atom stereocenters. The van der Waals surface area contributed by atoms with E-state index in [2.05, 4.69) is 4.98 Å². The first kappa shape index (κ1) is 14.9. The lowest BCUT2D eigenvalue weighted by Gasteiger charge is -2.24. The summed E-state index contributed by atoms with van der Waals surface area (Å²) in [6, 6.07) is 3.29. The minimum absolute atomic E-state index is 0.172. The standard InChI is InChI=1S/C11H13ClN4O3/c1-14(2)11(7-16(18)19)15(8-17)6-9-3-4-10(12)13-5-9/h3-5,7-8H,6H2,1-2H3. The maximum absolute atomic E-state index is 11.1. The third-order valence-corrected chi connectivity index (χ3v) is 2.47. The van der Waals surface area contributed by atoms with Crippen LogP contribution in [-0.2, 0) is 11.3 Å². The van der Waals surface area contributed by atoms with Crippen molar-refractivity contribution in [3.63, 3.8) is 0 Å². The SMILES string of the molecule is CN(C)C(=C[N+](=O)[O-])N(C=O)Cc1ccc(Cl)nc1. The smallest absolute Gasteiger partial charge is 0.274 e. The Kier molecular flexibility index (Phi) is 5.25. The van der Waals surface area contributed by atoms with E-state index in [1.54, 1.807) is 26.2 Å². The zero-order chi connectivity index (χ0) is 14.4. The van der Waals surface area contributed by atoms with Crippen molar-refractivity contribution < 1.29 is 9.72 Å². The molecule has 19 heavy (non-hydrogen) atoms. The Morgan fingerprint density at radius 2 is 2.21 bits per heavy atom. The van der Waals surface area contributed by atoms with Gasteiger partial charge in [0.1, 0.15) is 5.15 Å². The first-order chi connectivity index (χ1) is 8.93. The minimum Gasteiger partial charge on any atom is -0.359 e. The van der Waals surface area contributed by atoms with Gasteiger partial charge in [0.05, 0.1) is 11.5 Å². The Morgan fingerprint density at radius 3 is 2.63 bits per heavy atom. The van der Waals surface area contributed by atoms with E-state index in [4.69, 9.17) is 11.6 Å². The van der Waals surface area contributed by atoms with Gasteiger partial charge in [-0.3, -0.25) is 19.8 Å². The van der Waals surface area contributed by atoms with E-state index in [0.717, 1.165) is 6.20 Å². The van der Waals surface area contributed by atoms with Crippen LogP contribution in [0.5, 0.6) is 0 Å². The van der Waals surface area contributed by atoms with Crippen molar-refractivity contribution in [2.45, 2.75) is 6.54 Å². The van der Waals surface area contributed by atoms with Crippen molar-refractivity contribution in [2.24, 2.45) is 0 Å². The van der Waals surface area contributed by atoms with Gasteiger partial charge < -0.3 is 4.90 Å². The van der Waals surface area contributed by atoms with Crippen molar-refractivity contribution in [1.82, 2.24) is 14.8 Å². The van der Waals surface area contributed by atoms with E-state index in [-0.39, 0.29) is 12.4 Å². The Hall–Kier alpha value is -2.15. The van der Waals surface area contributed by atoms with Crippen molar-refractivity contribution in [3.8, 4) is 0 Å². The van der Waals surface area contributed by atoms with Gasteiger partial charge in [-0.15, -0.1) is 0 Å². The molecule has 1 aromatic rings. The highest BCUT2D eigenvalue weighted by atomic mass is 35.5. The van der Waals surface area contributed by atoms with Crippen molar-refractivity contribution in [1.29, 1.82) is 0 Å². The van der Waals surface area contributed by atoms with Crippen LogP contribution in [-0.4, -0.2) is 40.2 Å². The molecule has 0 fully saturated rings. The number of amides is 1. The highest BCUT2D eigenvalue weighted by Gasteiger charge is 2.15. The average Bonchev–Trinajstić information content (AvgIpc) is 2.35. The number of carbonyl (C=O) groups is 1. The molecule has 1 aromatic heterocycles. The fourth-order valence-electron chi connectivity index (χ4n) is 1.41. The topological polar surface area (TPSA) is 79.6 Å². The van der Waals surface area contributed by atoms with Crippen LogP contribution in [0, 0.1) is 10.1 Å². The molecule has 0 bridgehead atoms. The van der Waals surface area contributed by atoms with Crippen LogP contribution in [0.25, 0.3) is 0 Å². The van der Waals surface area contributed by atoms with Gasteiger partial charge in [0.25, 0.3) is 6.20 Å². The van der Waals surface area contributed by atoms with Crippen LogP contribution in [0.2, 0.25) is 5.15 Å². The van der Waals surface area contributed by atoms with Gasteiger partial charge in [-0.05, 0) is 11.6 Å². The number of rotatable bonds is 6. The molecule has 0 saturated carbocycles. The van der Waals surface area contributed by atoms with Gasteiger partial charge >= 0.3 is 0 Å². The normalized spacial score (nSPS) is 11.0. The van der Waals surface area contributed by atoms with Crippen LogP contribution in [0.4, 0.5) is 0 Å². The Morgan fingerprint density at radius 1 is 1.53 bits per heavy atom. The summed E-state index contributed by atoms with van der Waals surface area (Å²) in [4.78, 5) is 27.6. The summed E-state index contributed by atoms with van der Waals surface area (Å²) < 4.78 is 0. The molecule has 102 valence electrons. The molecular formula is C11H13ClN4O3. The maximum Gasteiger partial charge on any atom is 0.274 e. The summed E-state index contributed by atoms with van der Waals surface area (Å²) in [6.07, 6.45) is 2.82. The summed E-state index contributed by atoms with van der Waals surface area (Å²) in [7, 11) is 3.23. The van der Waals surface area contributed by atoms with Crippen LogP contribution < -0.4 is 0 Å². The molecule has 0 aromatic carbocycles. The Bertz CT molecular complexity index is 487. The molecule has 0 unspecified atom stereocenters. The summed E-state index contributed by atoms with van der Waals surface area (Å²) >= 11 is 5.66. The molecule has 0 N–H and O–H groups in total. The minimum atomic E-state index is -0.605. The molecule has 7 nitrogen and oxygen atoms in total. The first-order valence-electron chi connectivity index (χ1n) is 5.29.